The maximum Gasteiger partial charge on any atom is 0.218 e. The maximum absolute atomic E-state index is 6.40. The Labute approximate surface area is 167 Å². The summed E-state index contributed by atoms with van der Waals surface area (Å²) in [6.07, 6.45) is 0. The summed E-state index contributed by atoms with van der Waals surface area (Å²) in [5.74, 6) is 3.79. The fourth-order valence-electron chi connectivity index (χ4n) is 2.65. The number of aromatic nitrogens is 3. The molecule has 0 amide bonds. The minimum atomic E-state index is 0.397. The van der Waals surface area contributed by atoms with E-state index >= 15 is 0 Å². The van der Waals surface area contributed by atoms with Crippen LogP contribution in [0.2, 0.25) is 5.02 Å². The molecule has 0 saturated heterocycles. The van der Waals surface area contributed by atoms with Gasteiger partial charge in [-0.2, -0.15) is 10.1 Å². The number of nitrogens with one attached hydrogen (secondary N) is 2. The van der Waals surface area contributed by atoms with Gasteiger partial charge in [-0.25, -0.2) is 5.10 Å². The highest BCUT2D eigenvalue weighted by atomic mass is 35.5. The summed E-state index contributed by atoms with van der Waals surface area (Å²) >= 11 is 6.40. The van der Waals surface area contributed by atoms with Gasteiger partial charge in [-0.1, -0.05) is 17.7 Å². The summed E-state index contributed by atoms with van der Waals surface area (Å²) in [4.78, 5) is 4.22. The summed E-state index contributed by atoms with van der Waals surface area (Å²) in [6.45, 7) is 2.20. The third-order valence-corrected chi connectivity index (χ3v) is 4.33. The van der Waals surface area contributed by atoms with Crippen molar-refractivity contribution in [3.05, 3.63) is 46.7 Å². The van der Waals surface area contributed by atoms with Crippen molar-refractivity contribution in [2.24, 2.45) is 0 Å². The van der Waals surface area contributed by atoms with E-state index in [0.29, 0.717) is 52.1 Å². The number of aryl methyl sites for hydroxylation is 1. The maximum atomic E-state index is 6.40. The zero-order valence-electron chi connectivity index (χ0n) is 16.0. The molecular weight excluding hydrogens is 384 g/mol. The number of methoxy groups -OCH3 is 3. The van der Waals surface area contributed by atoms with E-state index in [4.69, 9.17) is 30.5 Å². The molecule has 0 atom stereocenters. The Morgan fingerprint density at radius 1 is 1.04 bits per heavy atom. The first kappa shape index (κ1) is 19.6. The number of ether oxygens (including phenoxy) is 4. The van der Waals surface area contributed by atoms with Gasteiger partial charge in [0.1, 0.15) is 17.3 Å². The van der Waals surface area contributed by atoms with Gasteiger partial charge in [0, 0.05) is 29.3 Å². The Morgan fingerprint density at radius 2 is 1.75 bits per heavy atom. The molecule has 0 aliphatic carbocycles. The van der Waals surface area contributed by atoms with Crippen molar-refractivity contribution >= 4 is 17.5 Å². The quantitative estimate of drug-likeness (QED) is 0.581. The molecule has 0 aliphatic rings. The van der Waals surface area contributed by atoms with Crippen LogP contribution < -0.4 is 24.3 Å². The minimum absolute atomic E-state index is 0.397. The fraction of sp³-hybridized carbons (Fsp3) is 0.263. The number of hydrogen-bond acceptors (Lipinski definition) is 7. The molecule has 0 bridgehead atoms. The first-order valence-electron chi connectivity index (χ1n) is 8.43. The lowest BCUT2D eigenvalue weighted by atomic mass is 10.2. The van der Waals surface area contributed by atoms with Gasteiger partial charge in [-0.05, 0) is 19.1 Å². The van der Waals surface area contributed by atoms with Crippen LogP contribution in [0.1, 0.15) is 11.4 Å². The standard InChI is InChI=1S/C19H21ClN4O4/c1-11-22-19(24-23-11)21-10-13-14(20)6-5-7-15(13)28-12-8-16(25-2)18(27-4)17(9-12)26-3/h5-9H,10H2,1-4H3,(H2,21,22,23,24). The lowest BCUT2D eigenvalue weighted by molar-refractivity contribution is 0.321. The molecule has 0 fully saturated rings. The monoisotopic (exact) mass is 404 g/mol. The molecule has 2 N–H and O–H groups in total. The van der Waals surface area contributed by atoms with Crippen molar-refractivity contribution in [2.45, 2.75) is 13.5 Å². The largest absolute Gasteiger partial charge is 0.493 e. The van der Waals surface area contributed by atoms with Crippen LogP contribution in [0.4, 0.5) is 5.95 Å². The highest BCUT2D eigenvalue weighted by molar-refractivity contribution is 6.31. The highest BCUT2D eigenvalue weighted by Gasteiger charge is 2.16. The molecule has 0 saturated carbocycles. The van der Waals surface area contributed by atoms with Crippen LogP contribution in [0.3, 0.4) is 0 Å². The van der Waals surface area contributed by atoms with E-state index in [0.717, 1.165) is 5.56 Å². The second-order valence-corrected chi connectivity index (χ2v) is 6.17. The Hall–Kier alpha value is -3.13. The molecule has 0 spiro atoms. The molecule has 3 rings (SSSR count). The van der Waals surface area contributed by atoms with Gasteiger partial charge in [-0.15, -0.1) is 0 Å². The first-order valence-corrected chi connectivity index (χ1v) is 8.81. The highest BCUT2D eigenvalue weighted by Crippen LogP contribution is 2.42. The molecule has 0 aliphatic heterocycles. The number of nitrogens with zero attached hydrogens (tertiary/aromatic N) is 2. The van der Waals surface area contributed by atoms with Crippen molar-refractivity contribution in [3.63, 3.8) is 0 Å². The van der Waals surface area contributed by atoms with Gasteiger partial charge in [0.2, 0.25) is 11.7 Å². The van der Waals surface area contributed by atoms with Crippen LogP contribution in [-0.2, 0) is 6.54 Å². The molecule has 2 aromatic carbocycles. The summed E-state index contributed by atoms with van der Waals surface area (Å²) < 4.78 is 22.2. The SMILES string of the molecule is COc1cc(Oc2cccc(Cl)c2CNc2nc(C)n[nH]2)cc(OC)c1OC. The Balaban J connectivity index is 1.89. The summed E-state index contributed by atoms with van der Waals surface area (Å²) in [7, 11) is 4.65. The zero-order valence-corrected chi connectivity index (χ0v) is 16.8. The van der Waals surface area contributed by atoms with Gasteiger partial charge < -0.3 is 24.3 Å². The third kappa shape index (κ3) is 4.23. The van der Waals surface area contributed by atoms with Gasteiger partial charge >= 0.3 is 0 Å². The van der Waals surface area contributed by atoms with Gasteiger partial charge in [0.15, 0.2) is 11.5 Å². The summed E-state index contributed by atoms with van der Waals surface area (Å²) in [5.41, 5.74) is 0.770. The lowest BCUT2D eigenvalue weighted by Gasteiger charge is -2.16. The topological polar surface area (TPSA) is 90.5 Å². The number of aromatic amines is 1. The number of anilines is 1. The van der Waals surface area contributed by atoms with E-state index in [1.54, 1.807) is 46.5 Å². The lowest BCUT2D eigenvalue weighted by Crippen LogP contribution is -2.04. The minimum Gasteiger partial charge on any atom is -0.493 e. The molecule has 1 aromatic heterocycles. The smallest absolute Gasteiger partial charge is 0.218 e. The predicted octanol–water partition coefficient (Wildman–Crippen LogP) is 4.20. The zero-order chi connectivity index (χ0) is 20.1. The summed E-state index contributed by atoms with van der Waals surface area (Å²) in [6, 6.07) is 8.89. The number of benzene rings is 2. The molecule has 1 heterocycles. The van der Waals surface area contributed by atoms with Crippen molar-refractivity contribution in [1.82, 2.24) is 15.2 Å². The predicted molar refractivity (Wildman–Crippen MR) is 106 cm³/mol. The van der Waals surface area contributed by atoms with E-state index in [1.807, 2.05) is 12.1 Å². The van der Waals surface area contributed by atoms with E-state index < -0.39 is 0 Å². The van der Waals surface area contributed by atoms with Gasteiger partial charge in [-0.3, -0.25) is 0 Å². The molecule has 8 nitrogen and oxygen atoms in total. The van der Waals surface area contributed by atoms with Crippen LogP contribution in [-0.4, -0.2) is 36.5 Å². The van der Waals surface area contributed by atoms with Gasteiger partial charge in [0.05, 0.1) is 21.3 Å². The first-order chi connectivity index (χ1) is 13.5. The Morgan fingerprint density at radius 3 is 2.32 bits per heavy atom. The van der Waals surface area contributed by atoms with E-state index in [9.17, 15) is 0 Å². The average Bonchev–Trinajstić information content (AvgIpc) is 3.11. The van der Waals surface area contributed by atoms with Crippen LogP contribution in [0.5, 0.6) is 28.7 Å². The molecule has 3 aromatic rings. The number of H-pyrrole nitrogens is 1. The third-order valence-electron chi connectivity index (χ3n) is 3.97. The molecule has 0 radical (unpaired) electrons. The van der Waals surface area contributed by atoms with Crippen LogP contribution >= 0.6 is 11.6 Å². The number of hydrogen-bond donors (Lipinski definition) is 2. The average molecular weight is 405 g/mol. The van der Waals surface area contributed by atoms with E-state index in [1.165, 1.54) is 0 Å². The van der Waals surface area contributed by atoms with E-state index in [-0.39, 0.29) is 0 Å². The van der Waals surface area contributed by atoms with Crippen molar-refractivity contribution in [2.75, 3.05) is 26.6 Å². The second-order valence-electron chi connectivity index (χ2n) is 5.76. The van der Waals surface area contributed by atoms with Crippen LogP contribution in [0, 0.1) is 6.92 Å². The number of halogens is 1. The van der Waals surface area contributed by atoms with Crippen molar-refractivity contribution in [1.29, 1.82) is 0 Å². The van der Waals surface area contributed by atoms with Crippen molar-refractivity contribution < 1.29 is 18.9 Å². The second kappa shape index (κ2) is 8.71. The van der Waals surface area contributed by atoms with Crippen LogP contribution in [0.25, 0.3) is 0 Å². The summed E-state index contributed by atoms with van der Waals surface area (Å²) in [5, 5.41) is 10.5. The number of rotatable bonds is 8. The Bertz CT molecular complexity index is 936. The molecular formula is C19H21ClN4O4. The molecule has 28 heavy (non-hydrogen) atoms. The molecule has 9 heteroatoms. The Kier molecular flexibility index (Phi) is 6.10. The fourth-order valence-corrected chi connectivity index (χ4v) is 2.88. The normalized spacial score (nSPS) is 10.5. The van der Waals surface area contributed by atoms with E-state index in [2.05, 4.69) is 20.5 Å². The molecule has 0 unspecified atom stereocenters. The molecule has 148 valence electrons. The van der Waals surface area contributed by atoms with Crippen molar-refractivity contribution in [3.8, 4) is 28.7 Å². The van der Waals surface area contributed by atoms with Crippen LogP contribution in [0.15, 0.2) is 30.3 Å². The van der Waals surface area contributed by atoms with Gasteiger partial charge in [0.25, 0.3) is 0 Å².